The second-order valence-electron chi connectivity index (χ2n) is 6.59. The Morgan fingerprint density at radius 2 is 2.06 bits per heavy atom. The van der Waals surface area contributed by atoms with Crippen LogP contribution in [-0.2, 0) is 0 Å². The molecule has 1 aliphatic rings. The number of hydrogen-bond acceptors (Lipinski definition) is 3. The van der Waals surface area contributed by atoms with Crippen LogP contribution in [0, 0.1) is 5.41 Å². The summed E-state index contributed by atoms with van der Waals surface area (Å²) in [5, 5.41) is 14.4. The van der Waals surface area contributed by atoms with Gasteiger partial charge in [0, 0.05) is 16.5 Å². The average Bonchev–Trinajstić information content (AvgIpc) is 2.27. The molecule has 18 heavy (non-hydrogen) atoms. The van der Waals surface area contributed by atoms with Gasteiger partial charge in [0.15, 0.2) is 0 Å². The Bertz CT molecular complexity index is 243. The molecule has 1 aliphatic carbocycles. The molecule has 0 radical (unpaired) electrons. The van der Waals surface area contributed by atoms with Gasteiger partial charge in [-0.2, -0.15) is 11.8 Å². The molecule has 0 aromatic rings. The summed E-state index contributed by atoms with van der Waals surface area (Å²) in [4.78, 5) is 0. The first-order valence-electron chi connectivity index (χ1n) is 7.42. The zero-order valence-corrected chi connectivity index (χ0v) is 13.5. The number of hydrogen-bond donors (Lipinski definition) is 2. The third-order valence-corrected chi connectivity index (χ3v) is 5.73. The van der Waals surface area contributed by atoms with Crippen LogP contribution < -0.4 is 5.32 Å². The topological polar surface area (TPSA) is 32.3 Å². The summed E-state index contributed by atoms with van der Waals surface area (Å²) in [6, 6.07) is 0.629. The molecule has 0 saturated heterocycles. The van der Waals surface area contributed by atoms with Crippen LogP contribution in [0.5, 0.6) is 0 Å². The zero-order valence-electron chi connectivity index (χ0n) is 12.7. The van der Waals surface area contributed by atoms with Crippen molar-refractivity contribution in [2.75, 3.05) is 6.54 Å². The van der Waals surface area contributed by atoms with Crippen molar-refractivity contribution in [1.82, 2.24) is 5.32 Å². The molecule has 1 saturated carbocycles. The van der Waals surface area contributed by atoms with E-state index in [1.165, 1.54) is 25.7 Å². The lowest BCUT2D eigenvalue weighted by Gasteiger charge is -2.42. The van der Waals surface area contributed by atoms with Gasteiger partial charge in [-0.15, -0.1) is 0 Å². The molecular weight excluding hydrogens is 242 g/mol. The van der Waals surface area contributed by atoms with E-state index in [0.717, 1.165) is 6.54 Å². The van der Waals surface area contributed by atoms with Gasteiger partial charge in [-0.05, 0) is 44.6 Å². The molecule has 4 unspecified atom stereocenters. The van der Waals surface area contributed by atoms with Crippen molar-refractivity contribution in [2.45, 2.75) is 82.9 Å². The van der Waals surface area contributed by atoms with Gasteiger partial charge in [0.2, 0.25) is 0 Å². The molecule has 2 N–H and O–H groups in total. The number of rotatable bonds is 6. The molecular formula is C15H31NOS. The Balaban J connectivity index is 2.59. The minimum Gasteiger partial charge on any atom is -0.392 e. The molecule has 0 aromatic carbocycles. The maximum absolute atomic E-state index is 9.70. The molecule has 4 atom stereocenters. The molecule has 0 aromatic heterocycles. The third kappa shape index (κ3) is 5.10. The van der Waals surface area contributed by atoms with E-state index in [9.17, 15) is 5.11 Å². The summed E-state index contributed by atoms with van der Waals surface area (Å²) in [5.41, 5.74) is 0.459. The number of aliphatic hydroxyl groups is 1. The molecule has 0 amide bonds. The minimum atomic E-state index is -0.216. The smallest absolute Gasteiger partial charge is 0.0628 e. The van der Waals surface area contributed by atoms with Crippen molar-refractivity contribution in [3.8, 4) is 0 Å². The molecule has 1 fully saturated rings. The lowest BCUT2D eigenvalue weighted by Crippen LogP contribution is -2.46. The fourth-order valence-corrected chi connectivity index (χ4v) is 4.36. The summed E-state index contributed by atoms with van der Waals surface area (Å²) in [6.45, 7) is 12.1. The van der Waals surface area contributed by atoms with E-state index < -0.39 is 0 Å². The normalized spacial score (nSPS) is 31.0. The monoisotopic (exact) mass is 273 g/mol. The highest BCUT2D eigenvalue weighted by Gasteiger charge is 2.36. The number of aliphatic hydroxyl groups excluding tert-OH is 1. The van der Waals surface area contributed by atoms with Gasteiger partial charge in [-0.3, -0.25) is 0 Å². The van der Waals surface area contributed by atoms with Crippen LogP contribution in [-0.4, -0.2) is 34.3 Å². The number of thioether (sulfide) groups is 1. The Labute approximate surface area is 117 Å². The Morgan fingerprint density at radius 3 is 2.61 bits per heavy atom. The average molecular weight is 273 g/mol. The largest absolute Gasteiger partial charge is 0.392 e. The zero-order chi connectivity index (χ0) is 13.8. The molecule has 0 bridgehead atoms. The van der Waals surface area contributed by atoms with Crippen LogP contribution >= 0.6 is 11.8 Å². The second kappa shape index (κ2) is 7.16. The van der Waals surface area contributed by atoms with Gasteiger partial charge >= 0.3 is 0 Å². The fourth-order valence-electron chi connectivity index (χ4n) is 2.62. The lowest BCUT2D eigenvalue weighted by atomic mass is 9.75. The van der Waals surface area contributed by atoms with Crippen LogP contribution in [0.4, 0.5) is 0 Å². The van der Waals surface area contributed by atoms with Crippen LogP contribution in [0.2, 0.25) is 0 Å². The maximum atomic E-state index is 9.70. The number of nitrogens with one attached hydrogen (secondary N) is 1. The summed E-state index contributed by atoms with van der Waals surface area (Å²) in [7, 11) is 0. The molecule has 0 spiro atoms. The van der Waals surface area contributed by atoms with E-state index in [-0.39, 0.29) is 6.10 Å². The molecule has 3 heteroatoms. The summed E-state index contributed by atoms with van der Waals surface area (Å²) in [6.07, 6.45) is 4.83. The molecule has 2 nitrogen and oxygen atoms in total. The van der Waals surface area contributed by atoms with E-state index in [0.29, 0.717) is 22.0 Å². The third-order valence-electron chi connectivity index (χ3n) is 4.06. The van der Waals surface area contributed by atoms with Crippen LogP contribution in [0.25, 0.3) is 0 Å². The molecule has 0 aliphatic heterocycles. The highest BCUT2D eigenvalue weighted by Crippen LogP contribution is 2.41. The summed E-state index contributed by atoms with van der Waals surface area (Å²) >= 11 is 1.98. The van der Waals surface area contributed by atoms with E-state index in [2.05, 4.69) is 33.0 Å². The van der Waals surface area contributed by atoms with Crippen LogP contribution in [0.15, 0.2) is 0 Å². The van der Waals surface area contributed by atoms with Crippen molar-refractivity contribution in [2.24, 2.45) is 5.41 Å². The predicted molar refractivity (Wildman–Crippen MR) is 82.2 cm³/mol. The van der Waals surface area contributed by atoms with Gasteiger partial charge in [0.1, 0.15) is 0 Å². The Hall–Kier alpha value is 0.270. The quantitative estimate of drug-likeness (QED) is 0.777. The first kappa shape index (κ1) is 16.3. The highest BCUT2D eigenvalue weighted by atomic mass is 32.2. The van der Waals surface area contributed by atoms with Gasteiger partial charge < -0.3 is 10.4 Å². The molecule has 108 valence electrons. The van der Waals surface area contributed by atoms with Crippen molar-refractivity contribution in [3.05, 3.63) is 0 Å². The maximum Gasteiger partial charge on any atom is 0.0628 e. The fraction of sp³-hybridized carbons (Fsp3) is 1.00. The minimum absolute atomic E-state index is 0.216. The Morgan fingerprint density at radius 1 is 1.39 bits per heavy atom. The van der Waals surface area contributed by atoms with Crippen LogP contribution in [0.1, 0.15) is 60.3 Å². The first-order valence-corrected chi connectivity index (χ1v) is 8.37. The highest BCUT2D eigenvalue weighted by molar-refractivity contribution is 8.00. The Kier molecular flexibility index (Phi) is 6.49. The second-order valence-corrected chi connectivity index (χ2v) is 8.21. The van der Waals surface area contributed by atoms with Gasteiger partial charge in [0.05, 0.1) is 6.10 Å². The van der Waals surface area contributed by atoms with Gasteiger partial charge in [0.25, 0.3) is 0 Å². The summed E-state index contributed by atoms with van der Waals surface area (Å²) in [5.74, 6) is 0. The predicted octanol–water partition coefficient (Wildman–Crippen LogP) is 3.44. The summed E-state index contributed by atoms with van der Waals surface area (Å²) < 4.78 is 0. The SMILES string of the molecule is CCCNC1CCC(C)(C)CC1SC(C)C(C)O. The van der Waals surface area contributed by atoms with E-state index in [1.54, 1.807) is 0 Å². The molecule has 0 heterocycles. The van der Waals surface area contributed by atoms with E-state index in [1.807, 2.05) is 18.7 Å². The lowest BCUT2D eigenvalue weighted by molar-refractivity contribution is 0.192. The molecule has 1 rings (SSSR count). The van der Waals surface area contributed by atoms with Crippen molar-refractivity contribution in [3.63, 3.8) is 0 Å². The van der Waals surface area contributed by atoms with Gasteiger partial charge in [-0.25, -0.2) is 0 Å². The van der Waals surface area contributed by atoms with Crippen LogP contribution in [0.3, 0.4) is 0 Å². The van der Waals surface area contributed by atoms with Gasteiger partial charge in [-0.1, -0.05) is 27.7 Å². The standard InChI is InChI=1S/C15H31NOS/c1-6-9-16-13-7-8-15(4,5)10-14(13)18-12(3)11(2)17/h11-14,16-17H,6-10H2,1-5H3. The van der Waals surface area contributed by atoms with Crippen molar-refractivity contribution < 1.29 is 5.11 Å². The van der Waals surface area contributed by atoms with E-state index in [4.69, 9.17) is 0 Å². The van der Waals surface area contributed by atoms with Crippen molar-refractivity contribution in [1.29, 1.82) is 0 Å². The van der Waals surface area contributed by atoms with E-state index >= 15 is 0 Å². The van der Waals surface area contributed by atoms with Crippen molar-refractivity contribution >= 4 is 11.8 Å². The first-order chi connectivity index (χ1) is 8.35.